The van der Waals surface area contributed by atoms with Crippen LogP contribution in [0, 0.1) is 23.0 Å². The summed E-state index contributed by atoms with van der Waals surface area (Å²) < 4.78 is 0. The van der Waals surface area contributed by atoms with Crippen molar-refractivity contribution in [2.75, 3.05) is 0 Å². The van der Waals surface area contributed by atoms with Crippen molar-refractivity contribution in [2.45, 2.75) is 38.8 Å². The van der Waals surface area contributed by atoms with E-state index in [-0.39, 0.29) is 17.2 Å². The zero-order chi connectivity index (χ0) is 21.6. The summed E-state index contributed by atoms with van der Waals surface area (Å²) >= 11 is 0. The van der Waals surface area contributed by atoms with E-state index in [1.165, 1.54) is 25.1 Å². The fraction of sp³-hybridized carbons (Fsp3) is 0.318. The second-order valence-corrected chi connectivity index (χ2v) is 7.85. The molecule has 0 saturated heterocycles. The third-order valence-corrected chi connectivity index (χ3v) is 5.72. The molecule has 0 radical (unpaired) electrons. The van der Waals surface area contributed by atoms with Gasteiger partial charge in [-0.2, -0.15) is 0 Å². The second kappa shape index (κ2) is 7.37. The lowest BCUT2D eigenvalue weighted by Crippen LogP contribution is -2.48. The quantitative estimate of drug-likeness (QED) is 0.449. The van der Waals surface area contributed by atoms with Gasteiger partial charge in [0.2, 0.25) is 5.91 Å². The lowest BCUT2D eigenvalue weighted by atomic mass is 10.0. The largest absolute Gasteiger partial charge is 0.347 e. The second-order valence-electron chi connectivity index (χ2n) is 7.85. The molecule has 2 aromatic carbocycles. The maximum Gasteiger partial charge on any atom is 0.282 e. The van der Waals surface area contributed by atoms with Crippen molar-refractivity contribution >= 4 is 23.4 Å². The molecule has 0 aromatic heterocycles. The van der Waals surface area contributed by atoms with Crippen LogP contribution in [-0.2, 0) is 4.79 Å². The van der Waals surface area contributed by atoms with Crippen LogP contribution in [-0.4, -0.2) is 33.6 Å². The van der Waals surface area contributed by atoms with Gasteiger partial charge in [0.1, 0.15) is 11.6 Å². The number of nitro benzene ring substituents is 1. The number of aryl methyl sites for hydroxylation is 1. The van der Waals surface area contributed by atoms with Crippen molar-refractivity contribution in [3.8, 4) is 0 Å². The van der Waals surface area contributed by atoms with Gasteiger partial charge in [0.25, 0.3) is 17.5 Å². The summed E-state index contributed by atoms with van der Waals surface area (Å²) in [5.74, 6) is -1.67. The molecule has 1 aliphatic heterocycles. The van der Waals surface area contributed by atoms with Crippen LogP contribution >= 0.6 is 0 Å². The maximum atomic E-state index is 13.0. The van der Waals surface area contributed by atoms with E-state index < -0.39 is 34.4 Å². The van der Waals surface area contributed by atoms with Crippen molar-refractivity contribution in [3.05, 3.63) is 74.8 Å². The molecule has 1 N–H and O–H groups in total. The van der Waals surface area contributed by atoms with Crippen LogP contribution < -0.4 is 5.32 Å². The first kappa shape index (κ1) is 19.8. The van der Waals surface area contributed by atoms with E-state index in [2.05, 4.69) is 5.32 Å². The molecule has 1 aliphatic carbocycles. The number of nitrogens with one attached hydrogen (secondary N) is 1. The van der Waals surface area contributed by atoms with E-state index in [0.717, 1.165) is 28.9 Å². The van der Waals surface area contributed by atoms with Crippen LogP contribution in [0.3, 0.4) is 0 Å². The minimum atomic E-state index is -1.09. The van der Waals surface area contributed by atoms with Crippen molar-refractivity contribution in [1.29, 1.82) is 0 Å². The molecule has 4 rings (SSSR count). The Labute approximate surface area is 173 Å². The summed E-state index contributed by atoms with van der Waals surface area (Å²) in [6, 6.07) is 10.5. The number of rotatable bonds is 6. The van der Waals surface area contributed by atoms with E-state index in [0.29, 0.717) is 5.92 Å². The fourth-order valence-corrected chi connectivity index (χ4v) is 3.86. The molecule has 154 valence electrons. The van der Waals surface area contributed by atoms with Crippen molar-refractivity contribution < 1.29 is 19.3 Å². The molecule has 30 heavy (non-hydrogen) atoms. The summed E-state index contributed by atoms with van der Waals surface area (Å²) in [6.45, 7) is 3.44. The molecule has 2 atom stereocenters. The van der Waals surface area contributed by atoms with E-state index in [9.17, 15) is 24.5 Å². The molecule has 1 fully saturated rings. The lowest BCUT2D eigenvalue weighted by Gasteiger charge is -2.25. The maximum absolute atomic E-state index is 13.0. The van der Waals surface area contributed by atoms with E-state index in [1.54, 1.807) is 0 Å². The molecule has 1 heterocycles. The van der Waals surface area contributed by atoms with Crippen LogP contribution in [0.15, 0.2) is 42.5 Å². The minimum Gasteiger partial charge on any atom is -0.347 e. The number of fused-ring (bicyclic) bond motifs is 1. The molecule has 8 heteroatoms. The first-order valence-electron chi connectivity index (χ1n) is 9.82. The Morgan fingerprint density at radius 1 is 1.13 bits per heavy atom. The number of hydrogen-bond donors (Lipinski definition) is 1. The fourth-order valence-electron chi connectivity index (χ4n) is 3.86. The highest BCUT2D eigenvalue weighted by atomic mass is 16.6. The lowest BCUT2D eigenvalue weighted by molar-refractivity contribution is -0.385. The summed E-state index contributed by atoms with van der Waals surface area (Å²) in [7, 11) is 0. The number of carbonyl (C=O) groups is 3. The van der Waals surface area contributed by atoms with Gasteiger partial charge in [-0.05, 0) is 44.2 Å². The first-order valence-corrected chi connectivity index (χ1v) is 9.82. The van der Waals surface area contributed by atoms with E-state index in [1.807, 2.05) is 31.2 Å². The number of benzene rings is 2. The first-order chi connectivity index (χ1) is 14.3. The monoisotopic (exact) mass is 407 g/mol. The Balaban J connectivity index is 1.57. The third-order valence-electron chi connectivity index (χ3n) is 5.72. The van der Waals surface area contributed by atoms with Gasteiger partial charge < -0.3 is 5.32 Å². The van der Waals surface area contributed by atoms with Crippen LogP contribution in [0.5, 0.6) is 0 Å². The average Bonchev–Trinajstić information content (AvgIpc) is 3.53. The predicted molar refractivity (Wildman–Crippen MR) is 108 cm³/mol. The number of hydrogen-bond acceptors (Lipinski definition) is 5. The SMILES string of the molecule is Cc1ccc(C(NC(=O)[C@H](C)N2C(=O)c3cccc([N+](=O)[O-])c3C2=O)C2CC2)cc1. The molecule has 2 aliphatic rings. The third kappa shape index (κ3) is 3.34. The molecular formula is C22H21N3O5. The number of imide groups is 1. The van der Waals surface area contributed by atoms with Gasteiger partial charge in [-0.1, -0.05) is 35.9 Å². The molecule has 1 unspecified atom stereocenters. The summed E-state index contributed by atoms with van der Waals surface area (Å²) in [4.78, 5) is 50.0. The van der Waals surface area contributed by atoms with Crippen molar-refractivity contribution in [3.63, 3.8) is 0 Å². The molecule has 0 bridgehead atoms. The van der Waals surface area contributed by atoms with Gasteiger partial charge in [-0.25, -0.2) is 0 Å². The average molecular weight is 407 g/mol. The zero-order valence-electron chi connectivity index (χ0n) is 16.6. The molecule has 8 nitrogen and oxygen atoms in total. The Hall–Kier alpha value is -3.55. The van der Waals surface area contributed by atoms with Crippen LogP contribution in [0.4, 0.5) is 5.69 Å². The number of carbonyl (C=O) groups excluding carboxylic acids is 3. The highest BCUT2D eigenvalue weighted by molar-refractivity contribution is 6.24. The minimum absolute atomic E-state index is 0.0499. The molecule has 2 aromatic rings. The van der Waals surface area contributed by atoms with Gasteiger partial charge in [-0.3, -0.25) is 29.4 Å². The van der Waals surface area contributed by atoms with Crippen LogP contribution in [0.2, 0.25) is 0 Å². The normalized spacial score (nSPS) is 17.5. The Kier molecular flexibility index (Phi) is 4.85. The van der Waals surface area contributed by atoms with Crippen LogP contribution in [0.1, 0.15) is 57.7 Å². The highest BCUT2D eigenvalue weighted by Crippen LogP contribution is 2.41. The van der Waals surface area contributed by atoms with Gasteiger partial charge in [0, 0.05) is 6.07 Å². The number of amides is 3. The Morgan fingerprint density at radius 3 is 2.40 bits per heavy atom. The van der Waals surface area contributed by atoms with E-state index >= 15 is 0 Å². The van der Waals surface area contributed by atoms with Crippen LogP contribution in [0.25, 0.3) is 0 Å². The van der Waals surface area contributed by atoms with E-state index in [4.69, 9.17) is 0 Å². The predicted octanol–water partition coefficient (Wildman–Crippen LogP) is 3.16. The number of nitrogens with zero attached hydrogens (tertiary/aromatic N) is 2. The van der Waals surface area contributed by atoms with Gasteiger partial charge in [0.05, 0.1) is 16.5 Å². The Morgan fingerprint density at radius 2 is 1.80 bits per heavy atom. The molecule has 0 spiro atoms. The van der Waals surface area contributed by atoms with Crippen molar-refractivity contribution in [2.24, 2.45) is 5.92 Å². The molecule has 1 saturated carbocycles. The smallest absolute Gasteiger partial charge is 0.282 e. The number of nitro groups is 1. The van der Waals surface area contributed by atoms with Gasteiger partial charge >= 0.3 is 0 Å². The zero-order valence-corrected chi connectivity index (χ0v) is 16.6. The summed E-state index contributed by atoms with van der Waals surface area (Å²) in [6.07, 6.45) is 1.98. The summed E-state index contributed by atoms with van der Waals surface area (Å²) in [5, 5.41) is 14.3. The molecular weight excluding hydrogens is 386 g/mol. The highest BCUT2D eigenvalue weighted by Gasteiger charge is 2.45. The Bertz CT molecular complexity index is 1060. The summed E-state index contributed by atoms with van der Waals surface area (Å²) in [5.41, 5.74) is 1.34. The van der Waals surface area contributed by atoms with Gasteiger partial charge in [-0.15, -0.1) is 0 Å². The molecule has 3 amide bonds. The van der Waals surface area contributed by atoms with Crippen molar-refractivity contribution in [1.82, 2.24) is 10.2 Å². The topological polar surface area (TPSA) is 110 Å². The van der Waals surface area contributed by atoms with Gasteiger partial charge in [0.15, 0.2) is 0 Å². The standard InChI is InChI=1S/C22H21N3O5/c1-12-6-8-14(9-7-12)19(15-10-11-15)23-20(26)13(2)24-21(27)16-4-3-5-17(25(29)30)18(16)22(24)28/h3-9,13,15,19H,10-11H2,1-2H3,(H,23,26)/t13-,19?/m0/s1.